The van der Waals surface area contributed by atoms with E-state index in [1.165, 1.54) is 0 Å². The predicted octanol–water partition coefficient (Wildman–Crippen LogP) is 2.01. The lowest BCUT2D eigenvalue weighted by atomic mass is 10.2. The van der Waals surface area contributed by atoms with Crippen molar-refractivity contribution in [3.05, 3.63) is 53.1 Å². The molecule has 0 heterocycles. The van der Waals surface area contributed by atoms with Crippen LogP contribution < -0.4 is 19.7 Å². The van der Waals surface area contributed by atoms with Crippen LogP contribution in [-0.2, 0) is 11.3 Å². The topological polar surface area (TPSA) is 52.0 Å². The molecule has 1 unspecified atom stereocenters. The molecule has 1 atom stereocenters. The van der Waals surface area contributed by atoms with Crippen LogP contribution in [0.15, 0.2) is 42.5 Å². The first kappa shape index (κ1) is 18.1. The molecule has 2 aromatic rings. The zero-order chi connectivity index (χ0) is 17.5. The molecule has 0 saturated carbocycles. The van der Waals surface area contributed by atoms with Gasteiger partial charge in [-0.1, -0.05) is 17.7 Å². The Kier molecular flexibility index (Phi) is 6.46. The van der Waals surface area contributed by atoms with Crippen molar-refractivity contribution in [1.29, 1.82) is 0 Å². The second-order valence-electron chi connectivity index (χ2n) is 5.55. The van der Waals surface area contributed by atoms with E-state index in [0.717, 1.165) is 22.0 Å². The SMILES string of the molecule is COc1ccc(C[NH+](C)CC(=O)Nc2cccc(Cl)c2)c(OC)c1. The summed E-state index contributed by atoms with van der Waals surface area (Å²) in [6.07, 6.45) is 0. The summed E-state index contributed by atoms with van der Waals surface area (Å²) in [6, 6.07) is 12.8. The normalized spacial score (nSPS) is 11.7. The summed E-state index contributed by atoms with van der Waals surface area (Å²) in [5.41, 5.74) is 1.72. The molecule has 2 rings (SSSR count). The van der Waals surface area contributed by atoms with Crippen LogP contribution >= 0.6 is 11.6 Å². The summed E-state index contributed by atoms with van der Waals surface area (Å²) >= 11 is 5.92. The number of anilines is 1. The van der Waals surface area contributed by atoms with Gasteiger partial charge < -0.3 is 19.7 Å². The second kappa shape index (κ2) is 8.57. The lowest BCUT2D eigenvalue weighted by molar-refractivity contribution is -0.885. The van der Waals surface area contributed by atoms with E-state index >= 15 is 0 Å². The Labute approximate surface area is 147 Å². The van der Waals surface area contributed by atoms with E-state index in [-0.39, 0.29) is 5.91 Å². The molecule has 0 radical (unpaired) electrons. The fourth-order valence-corrected chi connectivity index (χ4v) is 2.62. The summed E-state index contributed by atoms with van der Waals surface area (Å²) in [5, 5.41) is 3.44. The third-order valence-electron chi connectivity index (χ3n) is 3.56. The molecule has 2 N–H and O–H groups in total. The van der Waals surface area contributed by atoms with Gasteiger partial charge in [-0.25, -0.2) is 0 Å². The first-order chi connectivity index (χ1) is 11.5. The number of hydrogen-bond acceptors (Lipinski definition) is 3. The molecule has 24 heavy (non-hydrogen) atoms. The minimum atomic E-state index is -0.0674. The summed E-state index contributed by atoms with van der Waals surface area (Å²) in [6.45, 7) is 0.998. The standard InChI is InChI=1S/C18H21ClN2O3/c1-21(11-13-7-8-16(23-2)10-17(13)24-3)12-18(22)20-15-6-4-5-14(19)9-15/h4-10H,11-12H2,1-3H3,(H,20,22)/p+1. The van der Waals surface area contributed by atoms with Crippen LogP contribution in [0.5, 0.6) is 11.5 Å². The van der Waals surface area contributed by atoms with E-state index in [1.807, 2.05) is 31.3 Å². The molecule has 0 aromatic heterocycles. The molecule has 5 nitrogen and oxygen atoms in total. The minimum absolute atomic E-state index is 0.0674. The molecule has 0 bridgehead atoms. The molecule has 0 aliphatic heterocycles. The highest BCUT2D eigenvalue weighted by Crippen LogP contribution is 2.23. The molecule has 2 aromatic carbocycles. The number of methoxy groups -OCH3 is 2. The van der Waals surface area contributed by atoms with E-state index in [1.54, 1.807) is 32.4 Å². The Bertz CT molecular complexity index is 706. The van der Waals surface area contributed by atoms with E-state index in [2.05, 4.69) is 5.32 Å². The number of ether oxygens (including phenoxy) is 2. The second-order valence-corrected chi connectivity index (χ2v) is 5.98. The Morgan fingerprint density at radius 3 is 2.62 bits per heavy atom. The lowest BCUT2D eigenvalue weighted by Crippen LogP contribution is -3.08. The Balaban J connectivity index is 1.95. The van der Waals surface area contributed by atoms with E-state index in [9.17, 15) is 4.79 Å². The van der Waals surface area contributed by atoms with Gasteiger partial charge in [-0.15, -0.1) is 0 Å². The number of benzene rings is 2. The van der Waals surface area contributed by atoms with Crippen LogP contribution in [0.25, 0.3) is 0 Å². The van der Waals surface area contributed by atoms with Crippen molar-refractivity contribution in [1.82, 2.24) is 0 Å². The summed E-state index contributed by atoms with van der Waals surface area (Å²) in [4.78, 5) is 13.2. The maximum atomic E-state index is 12.2. The number of nitrogens with one attached hydrogen (secondary N) is 2. The Hall–Kier alpha value is -2.24. The molecule has 0 spiro atoms. The van der Waals surface area contributed by atoms with Gasteiger partial charge in [0.05, 0.1) is 21.3 Å². The maximum Gasteiger partial charge on any atom is 0.279 e. The van der Waals surface area contributed by atoms with Crippen molar-refractivity contribution >= 4 is 23.2 Å². The highest BCUT2D eigenvalue weighted by molar-refractivity contribution is 6.30. The van der Waals surface area contributed by atoms with Crippen molar-refractivity contribution in [2.75, 3.05) is 33.1 Å². The highest BCUT2D eigenvalue weighted by atomic mass is 35.5. The van der Waals surface area contributed by atoms with E-state index < -0.39 is 0 Å². The average Bonchev–Trinajstić information content (AvgIpc) is 2.54. The number of rotatable bonds is 7. The van der Waals surface area contributed by atoms with Gasteiger partial charge in [0.25, 0.3) is 5.91 Å². The van der Waals surface area contributed by atoms with E-state index in [0.29, 0.717) is 23.8 Å². The fraction of sp³-hybridized carbons (Fsp3) is 0.278. The van der Waals surface area contributed by atoms with Crippen LogP contribution in [0.1, 0.15) is 5.56 Å². The molecule has 128 valence electrons. The first-order valence-corrected chi connectivity index (χ1v) is 7.97. The number of hydrogen-bond donors (Lipinski definition) is 2. The van der Waals surface area contributed by atoms with Crippen molar-refractivity contribution < 1.29 is 19.2 Å². The zero-order valence-electron chi connectivity index (χ0n) is 14.1. The predicted molar refractivity (Wildman–Crippen MR) is 95.1 cm³/mol. The van der Waals surface area contributed by atoms with Gasteiger partial charge in [0, 0.05) is 22.3 Å². The Morgan fingerprint density at radius 2 is 1.96 bits per heavy atom. The van der Waals surface area contributed by atoms with Crippen LogP contribution in [-0.4, -0.2) is 33.7 Å². The number of carbonyl (C=O) groups is 1. The maximum absolute atomic E-state index is 12.2. The van der Waals surface area contributed by atoms with Gasteiger partial charge in [0.1, 0.15) is 18.0 Å². The van der Waals surface area contributed by atoms with Crippen LogP contribution in [0.3, 0.4) is 0 Å². The van der Waals surface area contributed by atoms with Crippen LogP contribution in [0.4, 0.5) is 5.69 Å². The largest absolute Gasteiger partial charge is 0.497 e. The minimum Gasteiger partial charge on any atom is -0.497 e. The number of quaternary nitrogens is 1. The van der Waals surface area contributed by atoms with Gasteiger partial charge >= 0.3 is 0 Å². The summed E-state index contributed by atoms with van der Waals surface area (Å²) in [7, 11) is 5.20. The van der Waals surface area contributed by atoms with Gasteiger partial charge in [-0.2, -0.15) is 0 Å². The summed E-state index contributed by atoms with van der Waals surface area (Å²) < 4.78 is 10.6. The molecular formula is C18H22ClN2O3+. The number of likely N-dealkylation sites (N-methyl/N-ethyl adjacent to an activating group) is 1. The fourth-order valence-electron chi connectivity index (χ4n) is 2.43. The van der Waals surface area contributed by atoms with Gasteiger partial charge in [0.15, 0.2) is 6.54 Å². The van der Waals surface area contributed by atoms with Gasteiger partial charge in [-0.3, -0.25) is 4.79 Å². The molecule has 1 amide bonds. The number of halogens is 1. The van der Waals surface area contributed by atoms with Crippen LogP contribution in [0.2, 0.25) is 5.02 Å². The number of carbonyl (C=O) groups excluding carboxylic acids is 1. The van der Waals surface area contributed by atoms with Crippen molar-refractivity contribution in [3.8, 4) is 11.5 Å². The quantitative estimate of drug-likeness (QED) is 0.804. The highest BCUT2D eigenvalue weighted by Gasteiger charge is 2.14. The van der Waals surface area contributed by atoms with Crippen molar-refractivity contribution in [2.45, 2.75) is 6.54 Å². The molecule has 6 heteroatoms. The molecular weight excluding hydrogens is 328 g/mol. The smallest absolute Gasteiger partial charge is 0.279 e. The molecule has 0 aliphatic carbocycles. The van der Waals surface area contributed by atoms with Crippen molar-refractivity contribution in [2.24, 2.45) is 0 Å². The monoisotopic (exact) mass is 349 g/mol. The van der Waals surface area contributed by atoms with E-state index in [4.69, 9.17) is 21.1 Å². The third-order valence-corrected chi connectivity index (χ3v) is 3.79. The van der Waals surface area contributed by atoms with Crippen LogP contribution in [0, 0.1) is 0 Å². The zero-order valence-corrected chi connectivity index (χ0v) is 14.8. The third kappa shape index (κ3) is 5.15. The summed E-state index contributed by atoms with van der Waals surface area (Å²) in [5.74, 6) is 1.43. The van der Waals surface area contributed by atoms with Gasteiger partial charge in [0.2, 0.25) is 0 Å². The molecule has 0 fully saturated rings. The van der Waals surface area contributed by atoms with Crippen molar-refractivity contribution in [3.63, 3.8) is 0 Å². The number of amides is 1. The lowest BCUT2D eigenvalue weighted by Gasteiger charge is -2.16. The Morgan fingerprint density at radius 1 is 1.17 bits per heavy atom. The first-order valence-electron chi connectivity index (χ1n) is 7.59. The molecule has 0 aliphatic rings. The average molecular weight is 350 g/mol. The molecule has 0 saturated heterocycles. The van der Waals surface area contributed by atoms with Gasteiger partial charge in [-0.05, 0) is 30.3 Å².